The molecule has 0 saturated heterocycles. The Labute approximate surface area is 55.0 Å². The van der Waals surface area contributed by atoms with Crippen molar-refractivity contribution in [3.63, 3.8) is 0 Å². The number of rotatable bonds is 3. The van der Waals surface area contributed by atoms with Gasteiger partial charge < -0.3 is 5.73 Å². The van der Waals surface area contributed by atoms with Gasteiger partial charge in [-0.2, -0.15) is 11.8 Å². The lowest BCUT2D eigenvalue weighted by molar-refractivity contribution is 0.975. The van der Waals surface area contributed by atoms with Crippen LogP contribution in [0.4, 0.5) is 0 Å². The third-order valence-electron chi connectivity index (χ3n) is 0.716. The molecule has 0 heterocycles. The highest BCUT2D eigenvalue weighted by Gasteiger charge is 1.92. The molecular weight excluding hydrogens is 118 g/mol. The molecule has 46 valence electrons. The van der Waals surface area contributed by atoms with Gasteiger partial charge in [-0.05, 0) is 5.75 Å². The summed E-state index contributed by atoms with van der Waals surface area (Å²) in [5.74, 6) is 4.43. The van der Waals surface area contributed by atoms with Crippen molar-refractivity contribution in [2.75, 3.05) is 11.5 Å². The average molecular weight is 129 g/mol. The SMILES string of the molecule is C#CC(N)CSCC. The van der Waals surface area contributed by atoms with Crippen LogP contribution in [0, 0.1) is 12.3 Å². The molecule has 2 N–H and O–H groups in total. The van der Waals surface area contributed by atoms with Gasteiger partial charge in [0.25, 0.3) is 0 Å². The number of hydrogen-bond acceptors (Lipinski definition) is 2. The summed E-state index contributed by atoms with van der Waals surface area (Å²) >= 11 is 1.77. The third-order valence-corrected chi connectivity index (χ3v) is 1.72. The van der Waals surface area contributed by atoms with E-state index in [1.165, 1.54) is 0 Å². The molecule has 0 aromatic rings. The van der Waals surface area contributed by atoms with Gasteiger partial charge in [-0.3, -0.25) is 0 Å². The smallest absolute Gasteiger partial charge is 0.0753 e. The van der Waals surface area contributed by atoms with Crippen molar-refractivity contribution in [1.82, 2.24) is 0 Å². The van der Waals surface area contributed by atoms with Gasteiger partial charge in [-0.25, -0.2) is 0 Å². The van der Waals surface area contributed by atoms with Gasteiger partial charge in [0.05, 0.1) is 6.04 Å². The normalized spacial score (nSPS) is 12.6. The van der Waals surface area contributed by atoms with Crippen molar-refractivity contribution < 1.29 is 0 Å². The number of hydrogen-bond donors (Lipinski definition) is 1. The highest BCUT2D eigenvalue weighted by Crippen LogP contribution is 1.98. The van der Waals surface area contributed by atoms with Gasteiger partial charge in [0.15, 0.2) is 0 Å². The van der Waals surface area contributed by atoms with Crippen LogP contribution in [-0.4, -0.2) is 17.5 Å². The van der Waals surface area contributed by atoms with E-state index in [2.05, 4.69) is 12.8 Å². The second-order valence-corrected chi connectivity index (χ2v) is 2.75. The number of nitrogens with two attached hydrogens (primary N) is 1. The molecule has 0 spiro atoms. The fourth-order valence-corrected chi connectivity index (χ4v) is 0.879. The largest absolute Gasteiger partial charge is 0.317 e. The van der Waals surface area contributed by atoms with Crippen LogP contribution >= 0.6 is 11.8 Å². The van der Waals surface area contributed by atoms with Gasteiger partial charge in [-0.15, -0.1) is 6.42 Å². The second kappa shape index (κ2) is 5.02. The Balaban J connectivity index is 3.02. The van der Waals surface area contributed by atoms with Crippen LogP contribution in [-0.2, 0) is 0 Å². The zero-order valence-electron chi connectivity index (χ0n) is 5.05. The van der Waals surface area contributed by atoms with Crippen LogP contribution in [0.15, 0.2) is 0 Å². The number of terminal acetylenes is 1. The Hall–Kier alpha value is -0.130. The van der Waals surface area contributed by atoms with Crippen molar-refractivity contribution >= 4 is 11.8 Å². The molecule has 1 unspecified atom stereocenters. The summed E-state index contributed by atoms with van der Waals surface area (Å²) in [4.78, 5) is 0. The summed E-state index contributed by atoms with van der Waals surface area (Å²) in [5, 5.41) is 0. The van der Waals surface area contributed by atoms with E-state index in [0.717, 1.165) is 11.5 Å². The maximum Gasteiger partial charge on any atom is 0.0753 e. The van der Waals surface area contributed by atoms with Crippen LogP contribution in [0.5, 0.6) is 0 Å². The van der Waals surface area contributed by atoms with Gasteiger partial charge in [0.1, 0.15) is 0 Å². The lowest BCUT2D eigenvalue weighted by atomic mass is 10.4. The Kier molecular flexibility index (Phi) is 4.93. The van der Waals surface area contributed by atoms with E-state index in [1.54, 1.807) is 11.8 Å². The Morgan fingerprint density at radius 2 is 2.50 bits per heavy atom. The van der Waals surface area contributed by atoms with Crippen molar-refractivity contribution in [2.45, 2.75) is 13.0 Å². The zero-order valence-corrected chi connectivity index (χ0v) is 5.87. The van der Waals surface area contributed by atoms with E-state index >= 15 is 0 Å². The topological polar surface area (TPSA) is 26.0 Å². The first-order chi connectivity index (χ1) is 3.81. The van der Waals surface area contributed by atoms with E-state index < -0.39 is 0 Å². The molecule has 1 atom stereocenters. The molecule has 8 heavy (non-hydrogen) atoms. The molecule has 0 amide bonds. The van der Waals surface area contributed by atoms with Crippen LogP contribution in [0.25, 0.3) is 0 Å². The first-order valence-corrected chi connectivity index (χ1v) is 3.76. The van der Waals surface area contributed by atoms with Crippen LogP contribution in [0.3, 0.4) is 0 Å². The summed E-state index contributed by atoms with van der Waals surface area (Å²) in [5.41, 5.74) is 5.40. The van der Waals surface area contributed by atoms with Crippen LogP contribution in [0.2, 0.25) is 0 Å². The van der Waals surface area contributed by atoms with Crippen molar-refractivity contribution in [3.05, 3.63) is 0 Å². The molecule has 0 saturated carbocycles. The summed E-state index contributed by atoms with van der Waals surface area (Å²) in [6.07, 6.45) is 5.02. The highest BCUT2D eigenvalue weighted by atomic mass is 32.2. The van der Waals surface area contributed by atoms with Gasteiger partial charge in [0, 0.05) is 5.75 Å². The predicted octanol–water partition coefficient (Wildman–Crippen LogP) is 0.700. The second-order valence-electron chi connectivity index (χ2n) is 1.43. The summed E-state index contributed by atoms with van der Waals surface area (Å²) in [7, 11) is 0. The molecule has 0 fully saturated rings. The van der Waals surface area contributed by atoms with E-state index in [1.807, 2.05) is 0 Å². The molecule has 0 aliphatic carbocycles. The molecule has 0 bridgehead atoms. The minimum absolute atomic E-state index is 0.0556. The molecule has 0 aliphatic heterocycles. The van der Waals surface area contributed by atoms with Crippen LogP contribution < -0.4 is 5.73 Å². The molecule has 0 aromatic heterocycles. The van der Waals surface area contributed by atoms with Gasteiger partial charge in [0.2, 0.25) is 0 Å². The quantitative estimate of drug-likeness (QED) is 0.568. The third kappa shape index (κ3) is 4.04. The lowest BCUT2D eigenvalue weighted by Crippen LogP contribution is -2.19. The van der Waals surface area contributed by atoms with Crippen LogP contribution in [0.1, 0.15) is 6.92 Å². The Morgan fingerprint density at radius 3 is 2.88 bits per heavy atom. The maximum absolute atomic E-state index is 5.40. The average Bonchev–Trinajstić information content (AvgIpc) is 1.83. The standard InChI is InChI=1S/C6H11NS/c1-3-6(7)5-8-4-2/h1,6H,4-5,7H2,2H3. The monoisotopic (exact) mass is 129 g/mol. The van der Waals surface area contributed by atoms with Crippen molar-refractivity contribution in [3.8, 4) is 12.3 Å². The number of thioether (sulfide) groups is 1. The minimum atomic E-state index is -0.0556. The molecule has 0 radical (unpaired) electrons. The fraction of sp³-hybridized carbons (Fsp3) is 0.667. The fourth-order valence-electron chi connectivity index (χ4n) is 0.293. The van der Waals surface area contributed by atoms with E-state index in [-0.39, 0.29) is 6.04 Å². The summed E-state index contributed by atoms with van der Waals surface area (Å²) in [6.45, 7) is 2.09. The minimum Gasteiger partial charge on any atom is -0.317 e. The summed E-state index contributed by atoms with van der Waals surface area (Å²) < 4.78 is 0. The van der Waals surface area contributed by atoms with Gasteiger partial charge in [-0.1, -0.05) is 12.8 Å². The van der Waals surface area contributed by atoms with E-state index in [0.29, 0.717) is 0 Å². The van der Waals surface area contributed by atoms with E-state index in [4.69, 9.17) is 12.2 Å². The first-order valence-electron chi connectivity index (χ1n) is 2.60. The molecule has 2 heteroatoms. The maximum atomic E-state index is 5.40. The lowest BCUT2D eigenvalue weighted by Gasteiger charge is -1.99. The van der Waals surface area contributed by atoms with Crippen molar-refractivity contribution in [1.29, 1.82) is 0 Å². The predicted molar refractivity (Wildman–Crippen MR) is 39.8 cm³/mol. The molecule has 0 aliphatic rings. The molecular formula is C6H11NS. The molecule has 0 rings (SSSR count). The summed E-state index contributed by atoms with van der Waals surface area (Å²) in [6, 6.07) is -0.0556. The van der Waals surface area contributed by atoms with Gasteiger partial charge >= 0.3 is 0 Å². The Bertz CT molecular complexity index is 85.0. The Morgan fingerprint density at radius 1 is 1.88 bits per heavy atom. The first kappa shape index (κ1) is 7.87. The molecule has 1 nitrogen and oxygen atoms in total. The zero-order chi connectivity index (χ0) is 6.41. The van der Waals surface area contributed by atoms with Crippen molar-refractivity contribution in [2.24, 2.45) is 5.73 Å². The highest BCUT2D eigenvalue weighted by molar-refractivity contribution is 7.99. The van der Waals surface area contributed by atoms with E-state index in [9.17, 15) is 0 Å². The molecule has 0 aromatic carbocycles.